The van der Waals surface area contributed by atoms with Crippen LogP contribution >= 0.6 is 12.4 Å². The number of hydrogen-bond acceptors (Lipinski definition) is 4. The second-order valence-corrected chi connectivity index (χ2v) is 3.18. The minimum atomic E-state index is 0. The second kappa shape index (κ2) is 3.90. The van der Waals surface area contributed by atoms with E-state index in [1.54, 1.807) is 0 Å². The van der Waals surface area contributed by atoms with Gasteiger partial charge in [-0.2, -0.15) is 0 Å². The predicted molar refractivity (Wildman–Crippen MR) is 60.7 cm³/mol. The summed E-state index contributed by atoms with van der Waals surface area (Å²) in [6.07, 6.45) is 0. The van der Waals surface area contributed by atoms with E-state index in [1.807, 2.05) is 24.3 Å². The molecule has 0 amide bonds. The SMILES string of the molecule is Cl.c1ccc2c(C3=NCCN3)noc2c1. The van der Waals surface area contributed by atoms with Crippen LogP contribution in [0.25, 0.3) is 11.0 Å². The molecule has 2 aromatic rings. The summed E-state index contributed by atoms with van der Waals surface area (Å²) in [6.45, 7) is 1.70. The van der Waals surface area contributed by atoms with Crippen LogP contribution in [0.15, 0.2) is 33.8 Å². The number of halogens is 1. The fraction of sp³-hybridized carbons (Fsp3) is 0.200. The summed E-state index contributed by atoms with van der Waals surface area (Å²) in [5.74, 6) is 0.843. The van der Waals surface area contributed by atoms with Gasteiger partial charge < -0.3 is 9.84 Å². The van der Waals surface area contributed by atoms with Crippen molar-refractivity contribution in [2.45, 2.75) is 0 Å². The highest BCUT2D eigenvalue weighted by atomic mass is 35.5. The highest BCUT2D eigenvalue weighted by Crippen LogP contribution is 2.18. The Labute approximate surface area is 92.8 Å². The van der Waals surface area contributed by atoms with Crippen LogP contribution < -0.4 is 5.32 Å². The first kappa shape index (κ1) is 9.98. The van der Waals surface area contributed by atoms with Crippen molar-refractivity contribution in [3.05, 3.63) is 30.0 Å². The van der Waals surface area contributed by atoms with Gasteiger partial charge in [0.2, 0.25) is 0 Å². The quantitative estimate of drug-likeness (QED) is 0.799. The molecule has 1 N–H and O–H groups in total. The molecule has 0 atom stereocenters. The first-order valence-electron chi connectivity index (χ1n) is 4.58. The highest BCUT2D eigenvalue weighted by Gasteiger charge is 2.15. The normalized spacial score (nSPS) is 14.5. The Morgan fingerprint density at radius 3 is 2.93 bits per heavy atom. The van der Waals surface area contributed by atoms with Gasteiger partial charge in [-0.25, -0.2) is 0 Å². The average molecular weight is 224 g/mol. The van der Waals surface area contributed by atoms with Crippen molar-refractivity contribution >= 4 is 29.2 Å². The van der Waals surface area contributed by atoms with Gasteiger partial charge in [0.25, 0.3) is 0 Å². The summed E-state index contributed by atoms with van der Waals surface area (Å²) >= 11 is 0. The van der Waals surface area contributed by atoms with Gasteiger partial charge in [0.05, 0.1) is 11.9 Å². The van der Waals surface area contributed by atoms with E-state index in [9.17, 15) is 0 Å². The van der Waals surface area contributed by atoms with E-state index in [1.165, 1.54) is 0 Å². The fourth-order valence-corrected chi connectivity index (χ4v) is 1.61. The number of fused-ring (bicyclic) bond motifs is 1. The first-order chi connectivity index (χ1) is 6.95. The number of benzene rings is 1. The van der Waals surface area contributed by atoms with Gasteiger partial charge >= 0.3 is 0 Å². The molecule has 3 rings (SSSR count). The molecule has 1 aromatic heterocycles. The lowest BCUT2D eigenvalue weighted by molar-refractivity contribution is 0.454. The first-order valence-corrected chi connectivity index (χ1v) is 4.58. The number of nitrogens with one attached hydrogen (secondary N) is 1. The fourth-order valence-electron chi connectivity index (χ4n) is 1.61. The van der Waals surface area contributed by atoms with Crippen LogP contribution in [0, 0.1) is 0 Å². The maximum Gasteiger partial charge on any atom is 0.167 e. The van der Waals surface area contributed by atoms with Gasteiger partial charge in [-0.3, -0.25) is 4.99 Å². The molecule has 0 spiro atoms. The molecule has 0 radical (unpaired) electrons. The molecule has 2 heterocycles. The average Bonchev–Trinajstić information content (AvgIpc) is 2.85. The Morgan fingerprint density at radius 2 is 2.13 bits per heavy atom. The van der Waals surface area contributed by atoms with Crippen molar-refractivity contribution < 1.29 is 4.52 Å². The third-order valence-electron chi connectivity index (χ3n) is 2.28. The summed E-state index contributed by atoms with van der Waals surface area (Å²) in [7, 11) is 0. The number of nitrogens with zero attached hydrogens (tertiary/aromatic N) is 2. The lowest BCUT2D eigenvalue weighted by Crippen LogP contribution is -2.19. The number of para-hydroxylation sites is 1. The molecule has 1 aromatic carbocycles. The van der Waals surface area contributed by atoms with Gasteiger partial charge in [0.15, 0.2) is 17.1 Å². The maximum absolute atomic E-state index is 5.19. The molecule has 15 heavy (non-hydrogen) atoms. The minimum Gasteiger partial charge on any atom is -0.367 e. The Kier molecular flexibility index (Phi) is 2.60. The van der Waals surface area contributed by atoms with Crippen molar-refractivity contribution in [2.24, 2.45) is 4.99 Å². The molecule has 4 nitrogen and oxygen atoms in total. The molecule has 0 fully saturated rings. The lowest BCUT2D eigenvalue weighted by Gasteiger charge is -1.95. The molecular formula is C10H10ClN3O. The summed E-state index contributed by atoms with van der Waals surface area (Å²) < 4.78 is 5.19. The third kappa shape index (κ3) is 1.57. The lowest BCUT2D eigenvalue weighted by atomic mass is 10.2. The van der Waals surface area contributed by atoms with E-state index in [0.717, 1.165) is 35.6 Å². The summed E-state index contributed by atoms with van der Waals surface area (Å²) in [5, 5.41) is 8.20. The molecule has 0 saturated heterocycles. The van der Waals surface area contributed by atoms with Crippen molar-refractivity contribution in [3.8, 4) is 0 Å². The van der Waals surface area contributed by atoms with E-state index in [4.69, 9.17) is 4.52 Å². The van der Waals surface area contributed by atoms with Gasteiger partial charge in [0.1, 0.15) is 0 Å². The molecule has 0 aliphatic carbocycles. The number of rotatable bonds is 1. The Balaban J connectivity index is 0.000000853. The Morgan fingerprint density at radius 1 is 1.27 bits per heavy atom. The molecule has 1 aliphatic heterocycles. The van der Waals surface area contributed by atoms with E-state index >= 15 is 0 Å². The maximum atomic E-state index is 5.19. The number of aliphatic imine (C=N–C) groups is 1. The zero-order chi connectivity index (χ0) is 9.38. The van der Waals surface area contributed by atoms with Gasteiger partial charge in [-0.15, -0.1) is 12.4 Å². The van der Waals surface area contributed by atoms with Crippen LogP contribution in [0.5, 0.6) is 0 Å². The largest absolute Gasteiger partial charge is 0.367 e. The molecule has 5 heteroatoms. The van der Waals surface area contributed by atoms with E-state index < -0.39 is 0 Å². The zero-order valence-electron chi connectivity index (χ0n) is 7.93. The zero-order valence-corrected chi connectivity index (χ0v) is 8.75. The van der Waals surface area contributed by atoms with Crippen molar-refractivity contribution in [1.29, 1.82) is 0 Å². The summed E-state index contributed by atoms with van der Waals surface area (Å²) in [6, 6.07) is 7.80. The monoisotopic (exact) mass is 223 g/mol. The van der Waals surface area contributed by atoms with E-state index in [2.05, 4.69) is 15.5 Å². The predicted octanol–water partition coefficient (Wildman–Crippen LogP) is 1.60. The van der Waals surface area contributed by atoms with Crippen LogP contribution in [0.3, 0.4) is 0 Å². The summed E-state index contributed by atoms with van der Waals surface area (Å²) in [5.41, 5.74) is 1.62. The standard InChI is InChI=1S/C10H9N3O.ClH/c1-2-4-8-7(3-1)9(13-14-8)10-11-5-6-12-10;/h1-4H,5-6H2,(H,11,12);1H. The Bertz CT molecular complexity index is 506. The molecule has 0 saturated carbocycles. The van der Waals surface area contributed by atoms with Crippen LogP contribution in [-0.4, -0.2) is 24.1 Å². The van der Waals surface area contributed by atoms with Crippen molar-refractivity contribution in [1.82, 2.24) is 10.5 Å². The topological polar surface area (TPSA) is 50.4 Å². The van der Waals surface area contributed by atoms with Crippen LogP contribution in [0.2, 0.25) is 0 Å². The Hall–Kier alpha value is -1.55. The van der Waals surface area contributed by atoms with Gasteiger partial charge in [-0.1, -0.05) is 17.3 Å². The highest BCUT2D eigenvalue weighted by molar-refractivity contribution is 6.07. The molecule has 0 unspecified atom stereocenters. The summed E-state index contributed by atoms with van der Waals surface area (Å²) in [4.78, 5) is 4.31. The molecule has 78 valence electrons. The van der Waals surface area contributed by atoms with Crippen LogP contribution in [0.1, 0.15) is 5.69 Å². The molecular weight excluding hydrogens is 214 g/mol. The van der Waals surface area contributed by atoms with Gasteiger partial charge in [0, 0.05) is 6.54 Å². The van der Waals surface area contributed by atoms with Gasteiger partial charge in [-0.05, 0) is 12.1 Å². The molecule has 0 bridgehead atoms. The smallest absolute Gasteiger partial charge is 0.167 e. The number of aromatic nitrogens is 1. The second-order valence-electron chi connectivity index (χ2n) is 3.18. The van der Waals surface area contributed by atoms with E-state index in [0.29, 0.717) is 0 Å². The number of hydrogen-bond donors (Lipinski definition) is 1. The number of amidine groups is 1. The third-order valence-corrected chi connectivity index (χ3v) is 2.28. The van der Waals surface area contributed by atoms with Crippen molar-refractivity contribution in [3.63, 3.8) is 0 Å². The molecule has 1 aliphatic rings. The van der Waals surface area contributed by atoms with Crippen molar-refractivity contribution in [2.75, 3.05) is 13.1 Å². The van der Waals surface area contributed by atoms with Crippen LogP contribution in [-0.2, 0) is 0 Å². The minimum absolute atomic E-state index is 0. The van der Waals surface area contributed by atoms with Crippen LogP contribution in [0.4, 0.5) is 0 Å². The van der Waals surface area contributed by atoms with E-state index in [-0.39, 0.29) is 12.4 Å².